The first kappa shape index (κ1) is 13.8. The predicted octanol–water partition coefficient (Wildman–Crippen LogP) is 1.68. The van der Waals surface area contributed by atoms with Crippen molar-refractivity contribution in [2.45, 2.75) is 46.1 Å². The number of rotatable bonds is 5. The fraction of sp³-hybridized carbons (Fsp3) is 0.833. The van der Waals surface area contributed by atoms with Gasteiger partial charge in [0, 0.05) is 12.6 Å². The van der Waals surface area contributed by atoms with Crippen LogP contribution in [-0.2, 0) is 4.79 Å². The van der Waals surface area contributed by atoms with Gasteiger partial charge in [0.15, 0.2) is 0 Å². The average Bonchev–Trinajstić information content (AvgIpc) is 2.19. The van der Waals surface area contributed by atoms with Crippen LogP contribution < -0.4 is 5.32 Å². The Labute approximate surface area is 102 Å². The Morgan fingerprint density at radius 3 is 2.35 bits per heavy atom. The maximum atomic E-state index is 11.9. The molecule has 0 atom stereocenters. The maximum absolute atomic E-state index is 11.9. The van der Waals surface area contributed by atoms with E-state index in [0.717, 1.165) is 12.8 Å². The van der Waals surface area contributed by atoms with Gasteiger partial charge in [0.2, 0.25) is 0 Å². The molecule has 1 aliphatic carbocycles. The van der Waals surface area contributed by atoms with Gasteiger partial charge in [0.05, 0.1) is 0 Å². The smallest absolute Gasteiger partial charge is 0.323 e. The minimum absolute atomic E-state index is 0.111. The molecule has 0 spiro atoms. The van der Waals surface area contributed by atoms with Crippen LogP contribution in [0.1, 0.15) is 40.0 Å². The molecule has 0 aromatic carbocycles. The summed E-state index contributed by atoms with van der Waals surface area (Å²) in [5, 5.41) is 11.6. The summed E-state index contributed by atoms with van der Waals surface area (Å²) in [5.41, 5.74) is 0.210. The maximum Gasteiger partial charge on any atom is 0.323 e. The summed E-state index contributed by atoms with van der Waals surface area (Å²) in [4.78, 5) is 23.9. The van der Waals surface area contributed by atoms with E-state index >= 15 is 0 Å². The third-order valence-corrected chi connectivity index (χ3v) is 3.42. The molecule has 2 N–H and O–H groups in total. The fourth-order valence-corrected chi connectivity index (χ4v) is 1.98. The van der Waals surface area contributed by atoms with Crippen molar-refractivity contribution in [1.29, 1.82) is 0 Å². The number of amides is 2. The van der Waals surface area contributed by atoms with Crippen LogP contribution in [0, 0.1) is 5.41 Å². The molecule has 1 saturated carbocycles. The monoisotopic (exact) mass is 242 g/mol. The molecule has 98 valence electrons. The van der Waals surface area contributed by atoms with E-state index in [2.05, 4.69) is 12.2 Å². The zero-order chi connectivity index (χ0) is 13.1. The lowest BCUT2D eigenvalue weighted by atomic mass is 9.70. The number of nitrogens with one attached hydrogen (secondary N) is 1. The summed E-state index contributed by atoms with van der Waals surface area (Å²) >= 11 is 0. The normalized spacial score (nSPS) is 17.4. The minimum Gasteiger partial charge on any atom is -0.480 e. The lowest BCUT2D eigenvalue weighted by Crippen LogP contribution is -2.49. The van der Waals surface area contributed by atoms with Crippen molar-refractivity contribution in [2.75, 3.05) is 13.1 Å². The van der Waals surface area contributed by atoms with Crippen LogP contribution in [0.4, 0.5) is 4.79 Å². The largest absolute Gasteiger partial charge is 0.480 e. The van der Waals surface area contributed by atoms with E-state index in [1.54, 1.807) is 0 Å². The van der Waals surface area contributed by atoms with Crippen molar-refractivity contribution in [3.8, 4) is 0 Å². The van der Waals surface area contributed by atoms with E-state index in [1.807, 2.05) is 13.8 Å². The lowest BCUT2D eigenvalue weighted by molar-refractivity contribution is -0.138. The second-order valence-corrected chi connectivity index (χ2v) is 5.44. The number of carboxylic acids is 1. The second-order valence-electron chi connectivity index (χ2n) is 5.44. The zero-order valence-corrected chi connectivity index (χ0v) is 10.8. The van der Waals surface area contributed by atoms with Crippen LogP contribution in [0.15, 0.2) is 0 Å². The van der Waals surface area contributed by atoms with E-state index in [-0.39, 0.29) is 24.0 Å². The van der Waals surface area contributed by atoms with Crippen LogP contribution in [-0.4, -0.2) is 41.1 Å². The van der Waals surface area contributed by atoms with Crippen LogP contribution in [0.25, 0.3) is 0 Å². The molecule has 5 heteroatoms. The van der Waals surface area contributed by atoms with Crippen molar-refractivity contribution in [1.82, 2.24) is 10.2 Å². The van der Waals surface area contributed by atoms with Gasteiger partial charge in [0.25, 0.3) is 0 Å². The number of carboxylic acid groups (broad SMARTS) is 1. The van der Waals surface area contributed by atoms with Crippen LogP contribution in [0.5, 0.6) is 0 Å². The molecule has 0 heterocycles. The first-order valence-corrected chi connectivity index (χ1v) is 6.10. The number of urea groups is 1. The molecule has 17 heavy (non-hydrogen) atoms. The summed E-state index contributed by atoms with van der Waals surface area (Å²) in [7, 11) is 0. The van der Waals surface area contributed by atoms with E-state index < -0.39 is 5.97 Å². The molecule has 0 bridgehead atoms. The Morgan fingerprint density at radius 1 is 1.41 bits per heavy atom. The van der Waals surface area contributed by atoms with Gasteiger partial charge in [-0.3, -0.25) is 4.79 Å². The Kier molecular flexibility index (Phi) is 4.37. The number of carbonyl (C=O) groups is 2. The highest BCUT2D eigenvalue weighted by atomic mass is 16.4. The van der Waals surface area contributed by atoms with Gasteiger partial charge in [0.1, 0.15) is 6.54 Å². The van der Waals surface area contributed by atoms with E-state index in [4.69, 9.17) is 5.11 Å². The third-order valence-electron chi connectivity index (χ3n) is 3.42. The Bertz CT molecular complexity index is 298. The number of aliphatic carboxylic acids is 1. The Hall–Kier alpha value is -1.26. The second kappa shape index (κ2) is 5.38. The highest BCUT2D eigenvalue weighted by Crippen LogP contribution is 2.39. The standard InChI is InChI=1S/C12H22N2O3/c1-9(2)14(7-10(15)16)11(17)13-8-12(3)5-4-6-12/h9H,4-8H2,1-3H3,(H,13,17)(H,15,16). The average molecular weight is 242 g/mol. The number of hydrogen-bond donors (Lipinski definition) is 2. The van der Waals surface area contributed by atoms with Crippen molar-refractivity contribution in [2.24, 2.45) is 5.41 Å². The van der Waals surface area contributed by atoms with Crippen LogP contribution >= 0.6 is 0 Å². The van der Waals surface area contributed by atoms with E-state index in [9.17, 15) is 9.59 Å². The molecule has 0 aromatic heterocycles. The molecule has 1 aliphatic rings. The van der Waals surface area contributed by atoms with Crippen molar-refractivity contribution >= 4 is 12.0 Å². The highest BCUT2D eigenvalue weighted by Gasteiger charge is 2.32. The summed E-state index contributed by atoms with van der Waals surface area (Å²) in [6.45, 7) is 6.16. The molecular weight excluding hydrogens is 220 g/mol. The molecule has 5 nitrogen and oxygen atoms in total. The van der Waals surface area contributed by atoms with Gasteiger partial charge >= 0.3 is 12.0 Å². The van der Waals surface area contributed by atoms with Crippen molar-refractivity contribution in [3.05, 3.63) is 0 Å². The third kappa shape index (κ3) is 3.91. The number of nitrogens with zero attached hydrogens (tertiary/aromatic N) is 1. The van der Waals surface area contributed by atoms with E-state index in [1.165, 1.54) is 11.3 Å². The van der Waals surface area contributed by atoms with Crippen molar-refractivity contribution < 1.29 is 14.7 Å². The summed E-state index contributed by atoms with van der Waals surface area (Å²) in [6, 6.07) is -0.393. The molecule has 0 saturated heterocycles. The summed E-state index contributed by atoms with van der Waals surface area (Å²) in [6.07, 6.45) is 3.48. The molecule has 1 rings (SSSR count). The van der Waals surface area contributed by atoms with Crippen LogP contribution in [0.3, 0.4) is 0 Å². The summed E-state index contributed by atoms with van der Waals surface area (Å²) < 4.78 is 0. The van der Waals surface area contributed by atoms with Gasteiger partial charge in [-0.2, -0.15) is 0 Å². The van der Waals surface area contributed by atoms with Gasteiger partial charge in [-0.1, -0.05) is 13.3 Å². The topological polar surface area (TPSA) is 69.6 Å². The predicted molar refractivity (Wildman–Crippen MR) is 64.8 cm³/mol. The zero-order valence-electron chi connectivity index (χ0n) is 10.8. The molecule has 0 radical (unpaired) electrons. The SMILES string of the molecule is CC(C)N(CC(=O)O)C(=O)NCC1(C)CCC1. The molecule has 1 fully saturated rings. The first-order valence-electron chi connectivity index (χ1n) is 6.10. The lowest BCUT2D eigenvalue weighted by Gasteiger charge is -2.39. The molecule has 0 aliphatic heterocycles. The highest BCUT2D eigenvalue weighted by molar-refractivity contribution is 5.80. The Balaban J connectivity index is 2.44. The first-order chi connectivity index (χ1) is 7.84. The number of hydrogen-bond acceptors (Lipinski definition) is 2. The number of carbonyl (C=O) groups excluding carboxylic acids is 1. The molecule has 0 aromatic rings. The van der Waals surface area contributed by atoms with Crippen molar-refractivity contribution in [3.63, 3.8) is 0 Å². The Morgan fingerprint density at radius 2 is 2.00 bits per heavy atom. The van der Waals surface area contributed by atoms with Crippen LogP contribution in [0.2, 0.25) is 0 Å². The van der Waals surface area contributed by atoms with Gasteiger partial charge < -0.3 is 15.3 Å². The molecule has 0 unspecified atom stereocenters. The molecular formula is C12H22N2O3. The minimum atomic E-state index is -0.983. The van der Waals surface area contributed by atoms with Gasteiger partial charge in [-0.05, 0) is 32.1 Å². The quantitative estimate of drug-likeness (QED) is 0.770. The van der Waals surface area contributed by atoms with E-state index in [0.29, 0.717) is 6.54 Å². The van der Waals surface area contributed by atoms with Gasteiger partial charge in [-0.25, -0.2) is 4.79 Å². The van der Waals surface area contributed by atoms with Gasteiger partial charge in [-0.15, -0.1) is 0 Å². The molecule has 2 amide bonds. The fourth-order valence-electron chi connectivity index (χ4n) is 1.98. The summed E-state index contributed by atoms with van der Waals surface area (Å²) in [5.74, 6) is -0.983.